The molecule has 6 atom stereocenters. The summed E-state index contributed by atoms with van der Waals surface area (Å²) in [5, 5.41) is 32.5. The summed E-state index contributed by atoms with van der Waals surface area (Å²) >= 11 is 1.11. The normalized spacial score (nSPS) is 25.8. The number of benzene rings is 3. The van der Waals surface area contributed by atoms with Crippen molar-refractivity contribution in [3.63, 3.8) is 0 Å². The van der Waals surface area contributed by atoms with Crippen molar-refractivity contribution in [2.24, 2.45) is 5.41 Å². The Morgan fingerprint density at radius 2 is 1.53 bits per heavy atom. The summed E-state index contributed by atoms with van der Waals surface area (Å²) in [7, 11) is -0.579. The Hall–Kier alpha value is -3.96. The van der Waals surface area contributed by atoms with Crippen LogP contribution in [0.15, 0.2) is 113 Å². The highest BCUT2D eigenvalue weighted by atomic mass is 32.2. The van der Waals surface area contributed by atoms with Crippen LogP contribution < -0.4 is 11.2 Å². The van der Waals surface area contributed by atoms with Gasteiger partial charge < -0.3 is 28.7 Å². The van der Waals surface area contributed by atoms with Gasteiger partial charge in [-0.3, -0.25) is 19.1 Å². The van der Waals surface area contributed by atoms with Gasteiger partial charge in [-0.2, -0.15) is 5.26 Å². The van der Waals surface area contributed by atoms with E-state index in [0.29, 0.717) is 5.75 Å². The SMILES string of the molecule is CC(C)(COC(c1ccccc1)(c1ccccc1)c1ccccc1)C(=O)SCCOPOC1C2OC(C#N)(n3ccc(=O)[nH]c3=O)C(C)(O)C12O. The molecule has 0 spiro atoms. The third kappa shape index (κ3) is 6.30. The van der Waals surface area contributed by atoms with Gasteiger partial charge in [0.25, 0.3) is 11.3 Å². The van der Waals surface area contributed by atoms with Crippen LogP contribution in [0.3, 0.4) is 0 Å². The number of hydrogen-bond donors (Lipinski definition) is 3. The predicted octanol–water partition coefficient (Wildman–Crippen LogP) is 3.81. The van der Waals surface area contributed by atoms with Gasteiger partial charge in [-0.15, -0.1) is 0 Å². The lowest BCUT2D eigenvalue weighted by Gasteiger charge is -2.38. The summed E-state index contributed by atoms with van der Waals surface area (Å²) < 4.78 is 24.6. The standard InChI is InChI=1S/C37H38N3O9PS/c1-33(2,24-46-36(25-13-7-4-8-14-25,26-15-9-5-10-16-26)27-17-11-6-12-18-27)31(42)51-22-21-47-50-49-30-29-37(30,45)34(3,44)35(23-38,48-29)40-20-19-28(41)39-32(40)43/h4-20,29-30,44-45,50H,21-22,24H2,1-3H3,(H,39,41,43). The van der Waals surface area contributed by atoms with Crippen LogP contribution in [-0.4, -0.2) is 67.3 Å². The summed E-state index contributed by atoms with van der Waals surface area (Å²) in [4.78, 5) is 39.5. The van der Waals surface area contributed by atoms with Crippen LogP contribution in [0.5, 0.6) is 0 Å². The molecule has 51 heavy (non-hydrogen) atoms. The largest absolute Gasteiger partial charge is 0.381 e. The van der Waals surface area contributed by atoms with Crippen LogP contribution in [0, 0.1) is 16.7 Å². The summed E-state index contributed by atoms with van der Waals surface area (Å²) in [6.07, 6.45) is -1.17. The van der Waals surface area contributed by atoms with E-state index in [1.165, 1.54) is 6.92 Å². The Kier molecular flexibility index (Phi) is 10.3. The Labute approximate surface area is 300 Å². The minimum Gasteiger partial charge on any atom is -0.381 e. The Bertz CT molecular complexity index is 1920. The van der Waals surface area contributed by atoms with Crippen LogP contribution in [0.2, 0.25) is 0 Å². The zero-order chi connectivity index (χ0) is 36.5. The van der Waals surface area contributed by atoms with E-state index in [1.807, 2.05) is 110 Å². The number of aromatic amines is 1. The van der Waals surface area contributed by atoms with Gasteiger partial charge in [-0.25, -0.2) is 4.79 Å². The minimum absolute atomic E-state index is 0.0840. The molecule has 1 aliphatic carbocycles. The van der Waals surface area contributed by atoms with Crippen LogP contribution in [0.4, 0.5) is 0 Å². The van der Waals surface area contributed by atoms with Gasteiger partial charge >= 0.3 is 5.69 Å². The third-order valence-corrected chi connectivity index (χ3v) is 11.3. The highest BCUT2D eigenvalue weighted by Crippen LogP contribution is 2.63. The predicted molar refractivity (Wildman–Crippen MR) is 191 cm³/mol. The van der Waals surface area contributed by atoms with Crippen LogP contribution in [0.25, 0.3) is 0 Å². The van der Waals surface area contributed by atoms with Crippen molar-refractivity contribution < 1.29 is 33.5 Å². The second kappa shape index (κ2) is 14.2. The number of aliphatic hydroxyl groups is 2. The topological polar surface area (TPSA) is 173 Å². The van der Waals surface area contributed by atoms with Gasteiger partial charge in [0.05, 0.1) is 18.6 Å². The number of carbonyl (C=O) groups is 1. The molecule has 0 radical (unpaired) electrons. The number of nitrogens with zero attached hydrogens (tertiary/aromatic N) is 2. The molecule has 266 valence electrons. The molecule has 3 aromatic carbocycles. The van der Waals surface area contributed by atoms with Crippen molar-refractivity contribution in [1.29, 1.82) is 5.26 Å². The third-order valence-electron chi connectivity index (χ3n) is 9.48. The van der Waals surface area contributed by atoms with Crippen LogP contribution in [-0.2, 0) is 34.6 Å². The monoisotopic (exact) mass is 731 g/mol. The number of fused-ring (bicyclic) bond motifs is 1. The van der Waals surface area contributed by atoms with E-state index in [4.69, 9.17) is 18.5 Å². The molecule has 4 aromatic rings. The maximum Gasteiger partial charge on any atom is 0.331 e. The number of H-pyrrole nitrogens is 1. The number of hydrogen-bond acceptors (Lipinski definition) is 11. The Balaban J connectivity index is 1.04. The van der Waals surface area contributed by atoms with Crippen molar-refractivity contribution in [1.82, 2.24) is 9.55 Å². The van der Waals surface area contributed by atoms with Crippen LogP contribution in [0.1, 0.15) is 37.5 Å². The van der Waals surface area contributed by atoms with Gasteiger partial charge in [0.2, 0.25) is 0 Å². The van der Waals surface area contributed by atoms with E-state index in [-0.39, 0.29) is 18.3 Å². The number of thioether (sulfide) groups is 1. The lowest BCUT2D eigenvalue weighted by Crippen LogP contribution is -2.62. The molecule has 2 heterocycles. The second-order valence-corrected chi connectivity index (χ2v) is 15.0. The fourth-order valence-electron chi connectivity index (χ4n) is 6.50. The van der Waals surface area contributed by atoms with Crippen molar-refractivity contribution in [3.8, 4) is 6.07 Å². The number of nitrogens with one attached hydrogen (secondary N) is 1. The van der Waals surface area contributed by atoms with Crippen molar-refractivity contribution in [3.05, 3.63) is 141 Å². The maximum atomic E-state index is 13.5. The summed E-state index contributed by atoms with van der Waals surface area (Å²) in [6, 6.07) is 32.6. The molecule has 0 amide bonds. The lowest BCUT2D eigenvalue weighted by atomic mass is 9.79. The molecule has 1 saturated carbocycles. The molecule has 3 N–H and O–H groups in total. The number of carbonyl (C=O) groups excluding carboxylic acids is 1. The van der Waals surface area contributed by atoms with E-state index in [9.17, 15) is 29.9 Å². The second-order valence-electron chi connectivity index (χ2n) is 13.2. The highest BCUT2D eigenvalue weighted by molar-refractivity contribution is 8.13. The zero-order valence-electron chi connectivity index (χ0n) is 28.1. The van der Waals surface area contributed by atoms with E-state index in [0.717, 1.165) is 45.3 Å². The van der Waals surface area contributed by atoms with Crippen LogP contribution >= 0.6 is 20.8 Å². The number of ether oxygens (including phenoxy) is 2. The van der Waals surface area contributed by atoms with E-state index < -0.39 is 60.4 Å². The molecule has 6 rings (SSSR count). The zero-order valence-corrected chi connectivity index (χ0v) is 30.0. The molecule has 1 aliphatic heterocycles. The smallest absolute Gasteiger partial charge is 0.331 e. The van der Waals surface area contributed by atoms with Gasteiger partial charge in [-0.05, 0) is 37.5 Å². The van der Waals surface area contributed by atoms with E-state index in [2.05, 4.69) is 0 Å². The van der Waals surface area contributed by atoms with Crippen molar-refractivity contribution in [2.75, 3.05) is 19.0 Å². The van der Waals surface area contributed by atoms with Gasteiger partial charge in [0.1, 0.15) is 23.9 Å². The van der Waals surface area contributed by atoms with Crippen molar-refractivity contribution in [2.45, 2.75) is 55.5 Å². The first-order chi connectivity index (χ1) is 24.3. The molecule has 1 saturated heterocycles. The molecular weight excluding hydrogens is 693 g/mol. The molecule has 2 fully saturated rings. The lowest BCUT2D eigenvalue weighted by molar-refractivity contribution is -0.197. The molecule has 14 heteroatoms. The number of rotatable bonds is 14. The van der Waals surface area contributed by atoms with Gasteiger partial charge in [-0.1, -0.05) is 103 Å². The molecule has 2 aliphatic rings. The number of aromatic nitrogens is 2. The summed E-state index contributed by atoms with van der Waals surface area (Å²) in [5.74, 6) is 0.319. The summed E-state index contributed by atoms with van der Waals surface area (Å²) in [5.41, 5.74) is -7.34. The van der Waals surface area contributed by atoms with Crippen molar-refractivity contribution >= 4 is 25.9 Å². The van der Waals surface area contributed by atoms with Gasteiger partial charge in [0, 0.05) is 18.0 Å². The fourth-order valence-corrected chi connectivity index (χ4v) is 8.11. The molecule has 12 nitrogen and oxygen atoms in total. The van der Waals surface area contributed by atoms with E-state index >= 15 is 0 Å². The average Bonchev–Trinajstić information content (AvgIpc) is 3.66. The maximum absolute atomic E-state index is 13.5. The average molecular weight is 732 g/mol. The molecular formula is C37H38N3O9PS. The summed E-state index contributed by atoms with van der Waals surface area (Å²) in [6.45, 7) is 5.13. The van der Waals surface area contributed by atoms with E-state index in [1.54, 1.807) is 6.07 Å². The Morgan fingerprint density at radius 3 is 2.00 bits per heavy atom. The number of nitriles is 1. The molecule has 6 unspecified atom stereocenters. The first-order valence-corrected chi connectivity index (χ1v) is 18.0. The first kappa shape index (κ1) is 36.8. The minimum atomic E-state index is -2.31. The quantitative estimate of drug-likeness (QED) is 0.0978. The molecule has 0 bridgehead atoms. The van der Waals surface area contributed by atoms with Gasteiger partial charge in [0.15, 0.2) is 25.4 Å². The molecule has 1 aromatic heterocycles. The first-order valence-electron chi connectivity index (χ1n) is 16.2. The highest BCUT2D eigenvalue weighted by Gasteiger charge is 2.88. The fraction of sp³-hybridized carbons (Fsp3) is 0.351. The Morgan fingerprint density at radius 1 is 0.980 bits per heavy atom.